The van der Waals surface area contributed by atoms with E-state index in [2.05, 4.69) is 0 Å². The molecule has 2 rings (SSSR count). The van der Waals surface area contributed by atoms with E-state index in [0.29, 0.717) is 0 Å². The molecule has 0 amide bonds. The van der Waals surface area contributed by atoms with Gasteiger partial charge in [-0.2, -0.15) is 0 Å². The van der Waals surface area contributed by atoms with E-state index < -0.39 is 0 Å². The standard InChI is InChI=1S/C12H16O3/c1-14-11-4-2-3-5-12(11)15-10-7-6-9(13)8-10/h2-5,9-10,13H,6-8H2,1H3. The Kier molecular flexibility index (Phi) is 3.11. The van der Waals surface area contributed by atoms with Gasteiger partial charge >= 0.3 is 0 Å². The van der Waals surface area contributed by atoms with Crippen LogP contribution in [0, 0.1) is 0 Å². The van der Waals surface area contributed by atoms with Crippen molar-refractivity contribution in [1.29, 1.82) is 0 Å². The summed E-state index contributed by atoms with van der Waals surface area (Å²) in [6.45, 7) is 0. The fraction of sp³-hybridized carbons (Fsp3) is 0.500. The first-order chi connectivity index (χ1) is 7.29. The zero-order valence-electron chi connectivity index (χ0n) is 8.85. The summed E-state index contributed by atoms with van der Waals surface area (Å²) in [5, 5.41) is 9.39. The molecule has 15 heavy (non-hydrogen) atoms. The van der Waals surface area contributed by atoms with Crippen molar-refractivity contribution in [2.45, 2.75) is 31.5 Å². The van der Waals surface area contributed by atoms with Gasteiger partial charge in [-0.25, -0.2) is 0 Å². The van der Waals surface area contributed by atoms with Crippen molar-refractivity contribution in [3.8, 4) is 11.5 Å². The number of aliphatic hydroxyl groups is 1. The molecule has 1 aliphatic carbocycles. The van der Waals surface area contributed by atoms with Crippen molar-refractivity contribution in [2.75, 3.05) is 7.11 Å². The van der Waals surface area contributed by atoms with E-state index in [4.69, 9.17) is 9.47 Å². The molecular weight excluding hydrogens is 192 g/mol. The molecule has 1 aromatic carbocycles. The van der Waals surface area contributed by atoms with Crippen LogP contribution >= 0.6 is 0 Å². The lowest BCUT2D eigenvalue weighted by atomic mass is 10.3. The fourth-order valence-corrected chi connectivity index (χ4v) is 1.92. The van der Waals surface area contributed by atoms with Crippen LogP contribution in [0.1, 0.15) is 19.3 Å². The number of rotatable bonds is 3. The van der Waals surface area contributed by atoms with E-state index in [1.807, 2.05) is 24.3 Å². The Hall–Kier alpha value is -1.22. The van der Waals surface area contributed by atoms with E-state index in [1.165, 1.54) is 0 Å². The smallest absolute Gasteiger partial charge is 0.161 e. The summed E-state index contributed by atoms with van der Waals surface area (Å²) in [4.78, 5) is 0. The lowest BCUT2D eigenvalue weighted by Crippen LogP contribution is -2.13. The highest BCUT2D eigenvalue weighted by Crippen LogP contribution is 2.30. The van der Waals surface area contributed by atoms with Gasteiger partial charge in [0.1, 0.15) is 6.10 Å². The van der Waals surface area contributed by atoms with E-state index in [9.17, 15) is 5.11 Å². The molecule has 0 aromatic heterocycles. The van der Waals surface area contributed by atoms with Gasteiger partial charge in [0, 0.05) is 6.42 Å². The Labute approximate surface area is 89.6 Å². The van der Waals surface area contributed by atoms with E-state index in [0.717, 1.165) is 30.8 Å². The lowest BCUT2D eigenvalue weighted by molar-refractivity contribution is 0.147. The van der Waals surface area contributed by atoms with Crippen LogP contribution in [-0.4, -0.2) is 24.4 Å². The maximum absolute atomic E-state index is 9.39. The van der Waals surface area contributed by atoms with Gasteiger partial charge < -0.3 is 14.6 Å². The molecular formula is C12H16O3. The number of methoxy groups -OCH3 is 1. The topological polar surface area (TPSA) is 38.7 Å². The van der Waals surface area contributed by atoms with Crippen LogP contribution in [0.4, 0.5) is 0 Å². The summed E-state index contributed by atoms with van der Waals surface area (Å²) in [7, 11) is 1.63. The zero-order chi connectivity index (χ0) is 10.7. The van der Waals surface area contributed by atoms with E-state index in [-0.39, 0.29) is 12.2 Å². The number of benzene rings is 1. The summed E-state index contributed by atoms with van der Waals surface area (Å²) in [6, 6.07) is 7.60. The number of hydrogen-bond acceptors (Lipinski definition) is 3. The average Bonchev–Trinajstić information content (AvgIpc) is 2.65. The largest absolute Gasteiger partial charge is 0.493 e. The Bertz CT molecular complexity index is 324. The molecule has 1 N–H and O–H groups in total. The molecule has 1 aromatic rings. The molecule has 3 heteroatoms. The second-order valence-electron chi connectivity index (χ2n) is 3.86. The minimum Gasteiger partial charge on any atom is -0.493 e. The van der Waals surface area contributed by atoms with Crippen molar-refractivity contribution < 1.29 is 14.6 Å². The Morgan fingerprint density at radius 1 is 1.20 bits per heavy atom. The molecule has 0 heterocycles. The monoisotopic (exact) mass is 208 g/mol. The second kappa shape index (κ2) is 4.53. The molecule has 0 bridgehead atoms. The zero-order valence-corrected chi connectivity index (χ0v) is 8.85. The molecule has 3 nitrogen and oxygen atoms in total. The average molecular weight is 208 g/mol. The SMILES string of the molecule is COc1ccccc1OC1CCC(O)C1. The molecule has 1 fully saturated rings. The maximum Gasteiger partial charge on any atom is 0.161 e. The highest BCUT2D eigenvalue weighted by Gasteiger charge is 2.24. The minimum atomic E-state index is -0.204. The highest BCUT2D eigenvalue weighted by atomic mass is 16.5. The van der Waals surface area contributed by atoms with Crippen LogP contribution in [-0.2, 0) is 0 Å². The van der Waals surface area contributed by atoms with Gasteiger partial charge in [-0.05, 0) is 25.0 Å². The third-order valence-corrected chi connectivity index (χ3v) is 2.72. The third-order valence-electron chi connectivity index (χ3n) is 2.72. The molecule has 2 atom stereocenters. The molecule has 0 radical (unpaired) electrons. The Morgan fingerprint density at radius 2 is 1.93 bits per heavy atom. The van der Waals surface area contributed by atoms with Crippen molar-refractivity contribution in [3.05, 3.63) is 24.3 Å². The summed E-state index contributed by atoms with van der Waals surface area (Å²) < 4.78 is 11.0. The van der Waals surface area contributed by atoms with Gasteiger partial charge in [0.05, 0.1) is 13.2 Å². The van der Waals surface area contributed by atoms with Gasteiger partial charge in [-0.3, -0.25) is 0 Å². The van der Waals surface area contributed by atoms with Gasteiger partial charge in [0.25, 0.3) is 0 Å². The number of hydrogen-bond donors (Lipinski definition) is 1. The Morgan fingerprint density at radius 3 is 2.53 bits per heavy atom. The van der Waals surface area contributed by atoms with Crippen LogP contribution in [0.3, 0.4) is 0 Å². The van der Waals surface area contributed by atoms with Crippen LogP contribution in [0.25, 0.3) is 0 Å². The van der Waals surface area contributed by atoms with Gasteiger partial charge in [-0.15, -0.1) is 0 Å². The summed E-state index contributed by atoms with van der Waals surface area (Å²) in [5.74, 6) is 1.51. The van der Waals surface area contributed by atoms with E-state index in [1.54, 1.807) is 7.11 Å². The predicted molar refractivity (Wildman–Crippen MR) is 57.3 cm³/mol. The first kappa shape index (κ1) is 10.3. The van der Waals surface area contributed by atoms with Crippen molar-refractivity contribution in [1.82, 2.24) is 0 Å². The van der Waals surface area contributed by atoms with Crippen LogP contribution in [0.2, 0.25) is 0 Å². The molecule has 0 aliphatic heterocycles. The minimum absolute atomic E-state index is 0.122. The van der Waals surface area contributed by atoms with Crippen LogP contribution in [0.5, 0.6) is 11.5 Å². The van der Waals surface area contributed by atoms with Crippen molar-refractivity contribution in [3.63, 3.8) is 0 Å². The third kappa shape index (κ3) is 2.42. The molecule has 82 valence electrons. The number of aliphatic hydroxyl groups excluding tert-OH is 1. The first-order valence-electron chi connectivity index (χ1n) is 5.27. The van der Waals surface area contributed by atoms with Gasteiger partial charge in [0.15, 0.2) is 11.5 Å². The summed E-state index contributed by atoms with van der Waals surface area (Å²) in [6.07, 6.45) is 2.39. The quantitative estimate of drug-likeness (QED) is 0.825. The van der Waals surface area contributed by atoms with E-state index >= 15 is 0 Å². The number of ether oxygens (including phenoxy) is 2. The molecule has 1 saturated carbocycles. The predicted octanol–water partition coefficient (Wildman–Crippen LogP) is 1.99. The molecule has 1 aliphatic rings. The maximum atomic E-state index is 9.39. The number of para-hydroxylation sites is 2. The molecule has 0 saturated heterocycles. The fourth-order valence-electron chi connectivity index (χ4n) is 1.92. The summed E-state index contributed by atoms with van der Waals surface area (Å²) >= 11 is 0. The van der Waals surface area contributed by atoms with Crippen LogP contribution in [0.15, 0.2) is 24.3 Å². The lowest BCUT2D eigenvalue weighted by Gasteiger charge is -2.15. The van der Waals surface area contributed by atoms with Crippen LogP contribution < -0.4 is 9.47 Å². The first-order valence-corrected chi connectivity index (χ1v) is 5.27. The van der Waals surface area contributed by atoms with Crippen molar-refractivity contribution >= 4 is 0 Å². The second-order valence-corrected chi connectivity index (χ2v) is 3.86. The van der Waals surface area contributed by atoms with Crippen molar-refractivity contribution in [2.24, 2.45) is 0 Å². The highest BCUT2D eigenvalue weighted by molar-refractivity contribution is 5.39. The van der Waals surface area contributed by atoms with Gasteiger partial charge in [-0.1, -0.05) is 12.1 Å². The van der Waals surface area contributed by atoms with Gasteiger partial charge in [0.2, 0.25) is 0 Å². The Balaban J connectivity index is 2.04. The molecule has 0 spiro atoms. The summed E-state index contributed by atoms with van der Waals surface area (Å²) in [5.41, 5.74) is 0. The molecule has 2 unspecified atom stereocenters. The normalized spacial score (nSPS) is 25.2.